The molecule has 0 aliphatic carbocycles. The van der Waals surface area contributed by atoms with E-state index in [-0.39, 0.29) is 11.9 Å². The fourth-order valence-electron chi connectivity index (χ4n) is 1.41. The molecule has 0 radical (unpaired) electrons. The summed E-state index contributed by atoms with van der Waals surface area (Å²) in [6.45, 7) is 9.57. The molecule has 2 nitrogen and oxygen atoms in total. The summed E-state index contributed by atoms with van der Waals surface area (Å²) in [6.07, 6.45) is 1.75. The van der Waals surface area contributed by atoms with E-state index >= 15 is 0 Å². The zero-order valence-corrected chi connectivity index (χ0v) is 9.50. The maximum absolute atomic E-state index is 11.7. The number of nitrogens with one attached hydrogen (secondary N) is 1. The first kappa shape index (κ1) is 11.5. The van der Waals surface area contributed by atoms with Crippen molar-refractivity contribution in [1.29, 1.82) is 0 Å². The first-order valence-corrected chi connectivity index (χ1v) is 5.08. The molecule has 0 heterocycles. The van der Waals surface area contributed by atoms with Crippen molar-refractivity contribution in [1.82, 2.24) is 5.32 Å². The molecule has 80 valence electrons. The van der Waals surface area contributed by atoms with Gasteiger partial charge in [0.1, 0.15) is 0 Å². The van der Waals surface area contributed by atoms with E-state index in [1.54, 1.807) is 6.08 Å². The van der Waals surface area contributed by atoms with Gasteiger partial charge in [-0.15, -0.1) is 0 Å². The van der Waals surface area contributed by atoms with Gasteiger partial charge in [0.25, 0.3) is 5.91 Å². The SMILES string of the molecule is C=Cc1cc(C)cc(C(=O)NC(C)C)c1. The zero-order valence-electron chi connectivity index (χ0n) is 9.50. The van der Waals surface area contributed by atoms with Crippen LogP contribution in [0.3, 0.4) is 0 Å². The molecule has 0 aliphatic heterocycles. The maximum Gasteiger partial charge on any atom is 0.251 e. The Morgan fingerprint density at radius 1 is 1.40 bits per heavy atom. The summed E-state index contributed by atoms with van der Waals surface area (Å²) in [5.41, 5.74) is 2.74. The standard InChI is InChI=1S/C13H17NO/c1-5-11-6-10(4)7-12(8-11)13(15)14-9(2)3/h5-9H,1H2,2-4H3,(H,14,15). The second-order valence-electron chi connectivity index (χ2n) is 3.96. The topological polar surface area (TPSA) is 29.1 Å². The number of carbonyl (C=O) groups is 1. The molecule has 1 aromatic carbocycles. The molecule has 0 atom stereocenters. The van der Waals surface area contributed by atoms with Crippen LogP contribution in [0.1, 0.15) is 35.3 Å². The highest BCUT2D eigenvalue weighted by Crippen LogP contribution is 2.10. The van der Waals surface area contributed by atoms with Crippen LogP contribution in [0.15, 0.2) is 24.8 Å². The first-order chi connectivity index (χ1) is 7.02. The Labute approximate surface area is 91.0 Å². The smallest absolute Gasteiger partial charge is 0.251 e. The number of benzene rings is 1. The fourth-order valence-corrected chi connectivity index (χ4v) is 1.41. The molecule has 0 fully saturated rings. The predicted octanol–water partition coefficient (Wildman–Crippen LogP) is 2.78. The Bertz CT molecular complexity index is 380. The van der Waals surface area contributed by atoms with Crippen molar-refractivity contribution in [2.45, 2.75) is 26.8 Å². The van der Waals surface area contributed by atoms with Crippen molar-refractivity contribution in [3.05, 3.63) is 41.5 Å². The summed E-state index contributed by atoms with van der Waals surface area (Å²) < 4.78 is 0. The lowest BCUT2D eigenvalue weighted by atomic mass is 10.1. The van der Waals surface area contributed by atoms with Gasteiger partial charge >= 0.3 is 0 Å². The van der Waals surface area contributed by atoms with Crippen LogP contribution in [0.4, 0.5) is 0 Å². The van der Waals surface area contributed by atoms with Gasteiger partial charge in [0, 0.05) is 11.6 Å². The lowest BCUT2D eigenvalue weighted by molar-refractivity contribution is 0.0943. The number of rotatable bonds is 3. The van der Waals surface area contributed by atoms with Crippen LogP contribution in [0, 0.1) is 6.92 Å². The van der Waals surface area contributed by atoms with Gasteiger partial charge in [-0.3, -0.25) is 4.79 Å². The van der Waals surface area contributed by atoms with E-state index in [9.17, 15) is 4.79 Å². The van der Waals surface area contributed by atoms with E-state index < -0.39 is 0 Å². The van der Waals surface area contributed by atoms with E-state index in [0.29, 0.717) is 5.56 Å². The molecular formula is C13H17NO. The van der Waals surface area contributed by atoms with Crippen LogP contribution in [0.5, 0.6) is 0 Å². The fraction of sp³-hybridized carbons (Fsp3) is 0.308. The van der Waals surface area contributed by atoms with E-state index in [2.05, 4.69) is 11.9 Å². The summed E-state index contributed by atoms with van der Waals surface area (Å²) in [5, 5.41) is 2.86. The van der Waals surface area contributed by atoms with Crippen LogP contribution < -0.4 is 5.32 Å². The van der Waals surface area contributed by atoms with Crippen molar-refractivity contribution in [3.8, 4) is 0 Å². The largest absolute Gasteiger partial charge is 0.350 e. The highest BCUT2D eigenvalue weighted by molar-refractivity contribution is 5.95. The van der Waals surface area contributed by atoms with Crippen molar-refractivity contribution >= 4 is 12.0 Å². The quantitative estimate of drug-likeness (QED) is 0.804. The number of aryl methyl sites for hydroxylation is 1. The third kappa shape index (κ3) is 3.24. The van der Waals surface area contributed by atoms with Gasteiger partial charge in [-0.05, 0) is 44.0 Å². The van der Waals surface area contributed by atoms with Crippen LogP contribution >= 0.6 is 0 Å². The van der Waals surface area contributed by atoms with E-state index in [0.717, 1.165) is 11.1 Å². The molecule has 1 amide bonds. The Morgan fingerprint density at radius 2 is 2.07 bits per heavy atom. The van der Waals surface area contributed by atoms with Crippen molar-refractivity contribution < 1.29 is 4.79 Å². The second-order valence-corrected chi connectivity index (χ2v) is 3.96. The lowest BCUT2D eigenvalue weighted by Crippen LogP contribution is -2.30. The maximum atomic E-state index is 11.7. The van der Waals surface area contributed by atoms with E-state index in [4.69, 9.17) is 0 Å². The molecule has 15 heavy (non-hydrogen) atoms. The van der Waals surface area contributed by atoms with Gasteiger partial charge < -0.3 is 5.32 Å². The van der Waals surface area contributed by atoms with Gasteiger partial charge in [0.15, 0.2) is 0 Å². The normalized spacial score (nSPS) is 10.1. The Hall–Kier alpha value is -1.57. The Morgan fingerprint density at radius 3 is 2.60 bits per heavy atom. The summed E-state index contributed by atoms with van der Waals surface area (Å²) in [7, 11) is 0. The predicted molar refractivity (Wildman–Crippen MR) is 63.9 cm³/mol. The summed E-state index contributed by atoms with van der Waals surface area (Å²) in [6, 6.07) is 5.88. The lowest BCUT2D eigenvalue weighted by Gasteiger charge is -2.09. The summed E-state index contributed by atoms with van der Waals surface area (Å²) in [5.74, 6) is -0.0307. The molecule has 2 heteroatoms. The molecule has 0 aliphatic rings. The van der Waals surface area contributed by atoms with Gasteiger partial charge in [-0.1, -0.05) is 18.7 Å². The first-order valence-electron chi connectivity index (χ1n) is 5.08. The molecule has 1 N–H and O–H groups in total. The van der Waals surface area contributed by atoms with Gasteiger partial charge in [-0.2, -0.15) is 0 Å². The molecular weight excluding hydrogens is 186 g/mol. The van der Waals surface area contributed by atoms with Gasteiger partial charge in [0.05, 0.1) is 0 Å². The molecule has 0 aromatic heterocycles. The minimum atomic E-state index is -0.0307. The third-order valence-corrected chi connectivity index (χ3v) is 2.02. The van der Waals surface area contributed by atoms with Crippen LogP contribution in [0.25, 0.3) is 6.08 Å². The highest BCUT2D eigenvalue weighted by atomic mass is 16.1. The van der Waals surface area contributed by atoms with Crippen molar-refractivity contribution in [3.63, 3.8) is 0 Å². The Balaban J connectivity index is 2.98. The van der Waals surface area contributed by atoms with Crippen LogP contribution in [-0.4, -0.2) is 11.9 Å². The third-order valence-electron chi connectivity index (χ3n) is 2.02. The van der Waals surface area contributed by atoms with Gasteiger partial charge in [-0.25, -0.2) is 0 Å². The van der Waals surface area contributed by atoms with E-state index in [1.807, 2.05) is 39.0 Å². The number of carbonyl (C=O) groups excluding carboxylic acids is 1. The molecule has 1 rings (SSSR count). The number of hydrogen-bond donors (Lipinski definition) is 1. The molecule has 0 unspecified atom stereocenters. The average Bonchev–Trinajstić information content (AvgIpc) is 2.15. The zero-order chi connectivity index (χ0) is 11.4. The minimum Gasteiger partial charge on any atom is -0.350 e. The minimum absolute atomic E-state index is 0.0307. The molecule has 0 saturated carbocycles. The van der Waals surface area contributed by atoms with Crippen LogP contribution in [-0.2, 0) is 0 Å². The monoisotopic (exact) mass is 203 g/mol. The second kappa shape index (κ2) is 4.78. The molecule has 1 aromatic rings. The number of hydrogen-bond acceptors (Lipinski definition) is 1. The Kier molecular flexibility index (Phi) is 3.67. The summed E-state index contributed by atoms with van der Waals surface area (Å²) >= 11 is 0. The van der Waals surface area contributed by atoms with E-state index in [1.165, 1.54) is 0 Å². The molecule has 0 bridgehead atoms. The van der Waals surface area contributed by atoms with Gasteiger partial charge in [0.2, 0.25) is 0 Å². The van der Waals surface area contributed by atoms with Crippen molar-refractivity contribution in [2.24, 2.45) is 0 Å². The van der Waals surface area contributed by atoms with Crippen LogP contribution in [0.2, 0.25) is 0 Å². The van der Waals surface area contributed by atoms with Crippen molar-refractivity contribution in [2.75, 3.05) is 0 Å². The molecule has 0 saturated heterocycles. The highest BCUT2D eigenvalue weighted by Gasteiger charge is 2.07. The summed E-state index contributed by atoms with van der Waals surface area (Å²) in [4.78, 5) is 11.7. The molecule has 0 spiro atoms. The number of amides is 1. The average molecular weight is 203 g/mol.